The molecule has 0 spiro atoms. The van der Waals surface area contributed by atoms with Crippen LogP contribution in [-0.4, -0.2) is 16.3 Å². The number of halogens is 1. The van der Waals surface area contributed by atoms with Gasteiger partial charge in [-0.05, 0) is 29.8 Å². The molecule has 2 aromatic heterocycles. The van der Waals surface area contributed by atoms with Crippen LogP contribution in [0.25, 0.3) is 0 Å². The fourth-order valence-electron chi connectivity index (χ4n) is 1.47. The van der Waals surface area contributed by atoms with Crippen molar-refractivity contribution in [1.29, 1.82) is 0 Å². The van der Waals surface area contributed by atoms with Gasteiger partial charge < -0.3 is 9.73 Å². The highest BCUT2D eigenvalue weighted by molar-refractivity contribution is 6.28. The molecule has 2 heterocycles. The molecule has 0 radical (unpaired) electrons. The first kappa shape index (κ1) is 11.2. The summed E-state index contributed by atoms with van der Waals surface area (Å²) in [6, 6.07) is 5.64. The zero-order chi connectivity index (χ0) is 11.4. The van der Waals surface area contributed by atoms with Gasteiger partial charge in [-0.1, -0.05) is 0 Å². The Kier molecular flexibility index (Phi) is 3.64. The average Bonchev–Trinajstić information content (AvgIpc) is 2.83. The molecular weight excluding hydrogens is 226 g/mol. The van der Waals surface area contributed by atoms with Crippen molar-refractivity contribution in [3.05, 3.63) is 41.1 Å². The molecule has 0 aliphatic rings. The number of aromatic nitrogens is 2. The van der Waals surface area contributed by atoms with Crippen molar-refractivity contribution >= 4 is 11.6 Å². The Morgan fingerprint density at radius 2 is 2.31 bits per heavy atom. The molecule has 5 heteroatoms. The van der Waals surface area contributed by atoms with Gasteiger partial charge in [0.25, 0.3) is 0 Å². The second-order valence-electron chi connectivity index (χ2n) is 3.61. The summed E-state index contributed by atoms with van der Waals surface area (Å²) in [5.41, 5.74) is 1.09. The van der Waals surface area contributed by atoms with Gasteiger partial charge >= 0.3 is 0 Å². The summed E-state index contributed by atoms with van der Waals surface area (Å²) in [5.74, 6) is 0.853. The molecule has 16 heavy (non-hydrogen) atoms. The molecular formula is C11H14ClN3O. The smallest absolute Gasteiger partial charge is 0.193 e. The van der Waals surface area contributed by atoms with Gasteiger partial charge in [0.1, 0.15) is 5.76 Å². The van der Waals surface area contributed by atoms with Crippen molar-refractivity contribution in [2.75, 3.05) is 6.54 Å². The highest BCUT2D eigenvalue weighted by Crippen LogP contribution is 2.12. The average molecular weight is 240 g/mol. The van der Waals surface area contributed by atoms with E-state index in [1.165, 1.54) is 0 Å². The normalized spacial score (nSPS) is 10.9. The van der Waals surface area contributed by atoms with Gasteiger partial charge in [-0.25, -0.2) is 0 Å². The maximum atomic E-state index is 5.66. The van der Waals surface area contributed by atoms with Crippen LogP contribution in [0, 0.1) is 0 Å². The third kappa shape index (κ3) is 3.12. The standard InChI is InChI=1S/C11H14ClN3O/c1-15-7-5-9(14-15)4-6-13-8-10-2-3-11(12)16-10/h2-3,5,7,13H,4,6,8H2,1H3. The zero-order valence-electron chi connectivity index (χ0n) is 9.11. The van der Waals surface area contributed by atoms with Crippen LogP contribution in [0.4, 0.5) is 0 Å². The summed E-state index contributed by atoms with van der Waals surface area (Å²) in [6.45, 7) is 1.56. The first-order valence-electron chi connectivity index (χ1n) is 5.17. The van der Waals surface area contributed by atoms with E-state index in [0.29, 0.717) is 11.8 Å². The maximum absolute atomic E-state index is 5.66. The zero-order valence-corrected chi connectivity index (χ0v) is 9.87. The van der Waals surface area contributed by atoms with E-state index in [4.69, 9.17) is 16.0 Å². The number of nitrogens with zero attached hydrogens (tertiary/aromatic N) is 2. The van der Waals surface area contributed by atoms with Gasteiger partial charge in [-0.3, -0.25) is 4.68 Å². The SMILES string of the molecule is Cn1ccc(CCNCc2ccc(Cl)o2)n1. The number of hydrogen-bond acceptors (Lipinski definition) is 3. The molecule has 0 saturated carbocycles. The summed E-state index contributed by atoms with van der Waals surface area (Å²) >= 11 is 5.66. The van der Waals surface area contributed by atoms with Crippen molar-refractivity contribution < 1.29 is 4.42 Å². The molecule has 0 saturated heterocycles. The summed E-state index contributed by atoms with van der Waals surface area (Å²) in [6.07, 6.45) is 2.86. The second-order valence-corrected chi connectivity index (χ2v) is 3.99. The Bertz CT molecular complexity index is 407. The highest BCUT2D eigenvalue weighted by atomic mass is 35.5. The molecule has 0 fully saturated rings. The highest BCUT2D eigenvalue weighted by Gasteiger charge is 2.00. The van der Waals surface area contributed by atoms with Crippen LogP contribution in [0.15, 0.2) is 28.8 Å². The quantitative estimate of drug-likeness (QED) is 0.812. The molecule has 0 amide bonds. The third-order valence-electron chi connectivity index (χ3n) is 2.25. The molecule has 2 aromatic rings. The van der Waals surface area contributed by atoms with E-state index >= 15 is 0 Å². The molecule has 2 rings (SSSR count). The number of aryl methyl sites for hydroxylation is 1. The largest absolute Gasteiger partial charge is 0.448 e. The Labute approximate surface area is 99.2 Å². The number of rotatable bonds is 5. The fraction of sp³-hybridized carbons (Fsp3) is 0.364. The minimum atomic E-state index is 0.432. The molecule has 86 valence electrons. The summed E-state index contributed by atoms with van der Waals surface area (Å²) in [7, 11) is 1.92. The Balaban J connectivity index is 1.69. The third-order valence-corrected chi connectivity index (χ3v) is 2.46. The lowest BCUT2D eigenvalue weighted by Crippen LogP contribution is -2.16. The van der Waals surface area contributed by atoms with E-state index in [0.717, 1.165) is 24.4 Å². The Hall–Kier alpha value is -1.26. The molecule has 4 nitrogen and oxygen atoms in total. The molecule has 0 unspecified atom stereocenters. The predicted octanol–water partition coefficient (Wildman–Crippen LogP) is 2.00. The minimum Gasteiger partial charge on any atom is -0.448 e. The molecule has 0 aliphatic heterocycles. The van der Waals surface area contributed by atoms with Crippen LogP contribution in [0.1, 0.15) is 11.5 Å². The molecule has 0 bridgehead atoms. The van der Waals surface area contributed by atoms with Crippen LogP contribution >= 0.6 is 11.6 Å². The molecule has 0 aliphatic carbocycles. The lowest BCUT2D eigenvalue weighted by molar-refractivity contribution is 0.485. The Morgan fingerprint density at radius 1 is 1.44 bits per heavy atom. The van der Waals surface area contributed by atoms with E-state index in [-0.39, 0.29) is 0 Å². The van der Waals surface area contributed by atoms with Gasteiger partial charge in [0, 0.05) is 26.2 Å². The van der Waals surface area contributed by atoms with Crippen LogP contribution in [0.3, 0.4) is 0 Å². The predicted molar refractivity (Wildman–Crippen MR) is 62.3 cm³/mol. The topological polar surface area (TPSA) is 43.0 Å². The first-order valence-corrected chi connectivity index (χ1v) is 5.55. The number of hydrogen-bond donors (Lipinski definition) is 1. The summed E-state index contributed by atoms with van der Waals surface area (Å²) in [5, 5.41) is 7.99. The maximum Gasteiger partial charge on any atom is 0.193 e. The van der Waals surface area contributed by atoms with Crippen molar-refractivity contribution in [2.24, 2.45) is 7.05 Å². The first-order chi connectivity index (χ1) is 7.74. The van der Waals surface area contributed by atoms with Gasteiger partial charge in [-0.2, -0.15) is 5.10 Å². The second kappa shape index (κ2) is 5.18. The summed E-state index contributed by atoms with van der Waals surface area (Å²) < 4.78 is 7.03. The lowest BCUT2D eigenvalue weighted by atomic mass is 10.3. The van der Waals surface area contributed by atoms with E-state index in [9.17, 15) is 0 Å². The van der Waals surface area contributed by atoms with Crippen LogP contribution in [0.5, 0.6) is 0 Å². The summed E-state index contributed by atoms with van der Waals surface area (Å²) in [4.78, 5) is 0. The van der Waals surface area contributed by atoms with E-state index in [2.05, 4.69) is 10.4 Å². The van der Waals surface area contributed by atoms with Gasteiger partial charge in [0.2, 0.25) is 0 Å². The van der Waals surface area contributed by atoms with Crippen LogP contribution in [-0.2, 0) is 20.0 Å². The van der Waals surface area contributed by atoms with Crippen molar-refractivity contribution in [2.45, 2.75) is 13.0 Å². The van der Waals surface area contributed by atoms with E-state index in [1.54, 1.807) is 6.07 Å². The van der Waals surface area contributed by atoms with Gasteiger partial charge in [0.15, 0.2) is 5.22 Å². The lowest BCUT2D eigenvalue weighted by Gasteiger charge is -2.00. The van der Waals surface area contributed by atoms with Crippen molar-refractivity contribution in [3.63, 3.8) is 0 Å². The molecule has 0 atom stereocenters. The number of nitrogens with one attached hydrogen (secondary N) is 1. The minimum absolute atomic E-state index is 0.432. The van der Waals surface area contributed by atoms with Crippen LogP contribution in [0.2, 0.25) is 5.22 Å². The van der Waals surface area contributed by atoms with E-state index < -0.39 is 0 Å². The van der Waals surface area contributed by atoms with Gasteiger partial charge in [-0.15, -0.1) is 0 Å². The van der Waals surface area contributed by atoms with E-state index in [1.807, 2.05) is 30.1 Å². The number of furan rings is 1. The van der Waals surface area contributed by atoms with Gasteiger partial charge in [0.05, 0.1) is 12.2 Å². The van der Waals surface area contributed by atoms with Crippen molar-refractivity contribution in [3.8, 4) is 0 Å². The van der Waals surface area contributed by atoms with Crippen LogP contribution < -0.4 is 5.32 Å². The van der Waals surface area contributed by atoms with Crippen molar-refractivity contribution in [1.82, 2.24) is 15.1 Å². The Morgan fingerprint density at radius 3 is 2.94 bits per heavy atom. The molecule has 1 N–H and O–H groups in total. The molecule has 0 aromatic carbocycles. The monoisotopic (exact) mass is 239 g/mol. The fourth-order valence-corrected chi connectivity index (χ4v) is 1.63.